The fourth-order valence-corrected chi connectivity index (χ4v) is 2.45. The van der Waals surface area contributed by atoms with Gasteiger partial charge in [0.1, 0.15) is 0 Å². The number of carbonyl (C=O) groups is 2. The van der Waals surface area contributed by atoms with Crippen LogP contribution in [0.4, 0.5) is 11.4 Å². The highest BCUT2D eigenvalue weighted by Gasteiger charge is 2.15. The average Bonchev–Trinajstić information content (AvgIpc) is 2.51. The quantitative estimate of drug-likeness (QED) is 0.869. The summed E-state index contributed by atoms with van der Waals surface area (Å²) < 4.78 is 0. The molecule has 0 spiro atoms. The van der Waals surface area contributed by atoms with Gasteiger partial charge in [-0.2, -0.15) is 0 Å². The molecular formula is C17H16Cl2N2O2. The summed E-state index contributed by atoms with van der Waals surface area (Å²) in [4.78, 5) is 25.3. The molecule has 0 aliphatic rings. The number of nitrogens with one attached hydrogen (secondary N) is 1. The van der Waals surface area contributed by atoms with Crippen molar-refractivity contribution in [2.24, 2.45) is 0 Å². The van der Waals surface area contributed by atoms with Crippen LogP contribution >= 0.6 is 23.2 Å². The molecule has 0 fully saturated rings. The van der Waals surface area contributed by atoms with Crippen LogP contribution < -0.4 is 10.2 Å². The molecule has 0 aliphatic heterocycles. The van der Waals surface area contributed by atoms with Gasteiger partial charge in [-0.05, 0) is 36.4 Å². The third-order valence-electron chi connectivity index (χ3n) is 3.21. The standard InChI is InChI=1S/C17H16Cl2N2O2/c1-12(22)21(16-5-3-2-4-15(16)19)11-10-17(23)20-14-8-6-13(18)7-9-14/h2-9H,10-11H2,1H3,(H,20,23). The molecule has 23 heavy (non-hydrogen) atoms. The van der Waals surface area contributed by atoms with E-state index in [4.69, 9.17) is 23.2 Å². The zero-order chi connectivity index (χ0) is 16.8. The monoisotopic (exact) mass is 350 g/mol. The number of carbonyl (C=O) groups excluding carboxylic acids is 2. The van der Waals surface area contributed by atoms with Crippen LogP contribution in [0.1, 0.15) is 13.3 Å². The Morgan fingerprint density at radius 3 is 2.30 bits per heavy atom. The van der Waals surface area contributed by atoms with Crippen LogP contribution in [-0.2, 0) is 9.59 Å². The lowest BCUT2D eigenvalue weighted by Gasteiger charge is -2.22. The molecule has 2 rings (SSSR count). The Morgan fingerprint density at radius 1 is 1.04 bits per heavy atom. The van der Waals surface area contributed by atoms with Crippen molar-refractivity contribution in [3.63, 3.8) is 0 Å². The van der Waals surface area contributed by atoms with Crippen LogP contribution in [0.25, 0.3) is 0 Å². The third kappa shape index (κ3) is 4.98. The highest BCUT2D eigenvalue weighted by atomic mass is 35.5. The van der Waals surface area contributed by atoms with Crippen LogP contribution in [0.2, 0.25) is 10.0 Å². The first-order chi connectivity index (χ1) is 11.0. The summed E-state index contributed by atoms with van der Waals surface area (Å²) in [6, 6.07) is 13.9. The largest absolute Gasteiger partial charge is 0.326 e. The van der Waals surface area contributed by atoms with E-state index in [-0.39, 0.29) is 24.8 Å². The smallest absolute Gasteiger partial charge is 0.226 e. The maximum absolute atomic E-state index is 12.0. The summed E-state index contributed by atoms with van der Waals surface area (Å²) in [5.74, 6) is -0.358. The maximum Gasteiger partial charge on any atom is 0.226 e. The van der Waals surface area contributed by atoms with Gasteiger partial charge >= 0.3 is 0 Å². The molecule has 0 aliphatic carbocycles. The number of halogens is 2. The normalized spacial score (nSPS) is 10.2. The molecule has 0 radical (unpaired) electrons. The van der Waals surface area contributed by atoms with E-state index in [1.54, 1.807) is 48.5 Å². The van der Waals surface area contributed by atoms with Gasteiger partial charge in [0, 0.05) is 30.6 Å². The van der Waals surface area contributed by atoms with E-state index >= 15 is 0 Å². The fraction of sp³-hybridized carbons (Fsp3) is 0.176. The Morgan fingerprint density at radius 2 is 1.70 bits per heavy atom. The number of benzene rings is 2. The van der Waals surface area contributed by atoms with Gasteiger partial charge in [0.2, 0.25) is 11.8 Å². The Kier molecular flexibility index (Phi) is 6.02. The zero-order valence-corrected chi connectivity index (χ0v) is 14.1. The molecular weight excluding hydrogens is 335 g/mol. The highest BCUT2D eigenvalue weighted by Crippen LogP contribution is 2.25. The van der Waals surface area contributed by atoms with Crippen LogP contribution in [0, 0.1) is 0 Å². The summed E-state index contributed by atoms with van der Waals surface area (Å²) in [5, 5.41) is 3.84. The molecule has 120 valence electrons. The third-order valence-corrected chi connectivity index (χ3v) is 3.79. The maximum atomic E-state index is 12.0. The van der Waals surface area contributed by atoms with Crippen LogP contribution in [0.15, 0.2) is 48.5 Å². The molecule has 0 unspecified atom stereocenters. The molecule has 0 atom stereocenters. The summed E-state index contributed by atoms with van der Waals surface area (Å²) in [6.45, 7) is 1.69. The summed E-state index contributed by atoms with van der Waals surface area (Å²) in [6.07, 6.45) is 0.160. The second-order valence-electron chi connectivity index (χ2n) is 4.93. The second-order valence-corrected chi connectivity index (χ2v) is 5.77. The lowest BCUT2D eigenvalue weighted by Crippen LogP contribution is -2.32. The molecule has 0 aromatic heterocycles. The number of rotatable bonds is 5. The van der Waals surface area contributed by atoms with E-state index < -0.39 is 0 Å². The fourth-order valence-electron chi connectivity index (χ4n) is 2.09. The Labute approximate surface area is 145 Å². The van der Waals surface area contributed by atoms with Gasteiger partial charge in [-0.3, -0.25) is 9.59 Å². The van der Waals surface area contributed by atoms with Crippen molar-refractivity contribution in [3.05, 3.63) is 58.6 Å². The molecule has 2 aromatic rings. The molecule has 0 bridgehead atoms. The number of amides is 2. The van der Waals surface area contributed by atoms with E-state index in [1.807, 2.05) is 0 Å². The van der Waals surface area contributed by atoms with Crippen molar-refractivity contribution in [1.29, 1.82) is 0 Å². The first-order valence-corrected chi connectivity index (χ1v) is 7.81. The number of nitrogens with zero attached hydrogens (tertiary/aromatic N) is 1. The number of anilines is 2. The van der Waals surface area contributed by atoms with Gasteiger partial charge in [0.05, 0.1) is 10.7 Å². The minimum absolute atomic E-state index is 0.160. The predicted octanol–water partition coefficient (Wildman–Crippen LogP) is 4.38. The first-order valence-electron chi connectivity index (χ1n) is 7.05. The van der Waals surface area contributed by atoms with Crippen molar-refractivity contribution in [2.45, 2.75) is 13.3 Å². The SMILES string of the molecule is CC(=O)N(CCC(=O)Nc1ccc(Cl)cc1)c1ccccc1Cl. The van der Waals surface area contributed by atoms with Gasteiger partial charge in [0.25, 0.3) is 0 Å². The number of hydrogen-bond donors (Lipinski definition) is 1. The van der Waals surface area contributed by atoms with Crippen LogP contribution in [0.3, 0.4) is 0 Å². The van der Waals surface area contributed by atoms with E-state index in [0.717, 1.165) is 0 Å². The van der Waals surface area contributed by atoms with Gasteiger partial charge in [-0.25, -0.2) is 0 Å². The summed E-state index contributed by atoms with van der Waals surface area (Å²) in [5.41, 5.74) is 1.26. The average molecular weight is 351 g/mol. The van der Waals surface area contributed by atoms with Gasteiger partial charge in [-0.1, -0.05) is 35.3 Å². The van der Waals surface area contributed by atoms with Crippen molar-refractivity contribution >= 4 is 46.4 Å². The molecule has 2 aromatic carbocycles. The molecule has 0 heterocycles. The minimum Gasteiger partial charge on any atom is -0.326 e. The van der Waals surface area contributed by atoms with Crippen molar-refractivity contribution in [2.75, 3.05) is 16.8 Å². The zero-order valence-electron chi connectivity index (χ0n) is 12.6. The van der Waals surface area contributed by atoms with Crippen LogP contribution in [0.5, 0.6) is 0 Å². The molecule has 6 heteroatoms. The number of para-hydroxylation sites is 1. The molecule has 0 saturated heterocycles. The summed E-state index contributed by atoms with van der Waals surface area (Å²) in [7, 11) is 0. The Bertz CT molecular complexity index is 702. The van der Waals surface area contributed by atoms with Crippen molar-refractivity contribution < 1.29 is 9.59 Å². The van der Waals surface area contributed by atoms with Crippen molar-refractivity contribution in [1.82, 2.24) is 0 Å². The second kappa shape index (κ2) is 7.99. The van der Waals surface area contributed by atoms with E-state index in [9.17, 15) is 9.59 Å². The summed E-state index contributed by atoms with van der Waals surface area (Å²) >= 11 is 11.9. The minimum atomic E-state index is -0.189. The van der Waals surface area contributed by atoms with Crippen LogP contribution in [-0.4, -0.2) is 18.4 Å². The predicted molar refractivity (Wildman–Crippen MR) is 94.2 cm³/mol. The molecule has 2 amide bonds. The Hall–Kier alpha value is -2.04. The van der Waals surface area contributed by atoms with Gasteiger partial charge in [-0.15, -0.1) is 0 Å². The van der Waals surface area contributed by atoms with Gasteiger partial charge < -0.3 is 10.2 Å². The van der Waals surface area contributed by atoms with Crippen molar-refractivity contribution in [3.8, 4) is 0 Å². The number of hydrogen-bond acceptors (Lipinski definition) is 2. The van der Waals surface area contributed by atoms with E-state index in [1.165, 1.54) is 11.8 Å². The van der Waals surface area contributed by atoms with E-state index in [2.05, 4.69) is 5.32 Å². The topological polar surface area (TPSA) is 49.4 Å². The first kappa shape index (κ1) is 17.3. The molecule has 1 N–H and O–H groups in total. The molecule has 4 nitrogen and oxygen atoms in total. The Balaban J connectivity index is 1.99. The molecule has 0 saturated carbocycles. The van der Waals surface area contributed by atoms with Gasteiger partial charge in [0.15, 0.2) is 0 Å². The highest BCUT2D eigenvalue weighted by molar-refractivity contribution is 6.33. The lowest BCUT2D eigenvalue weighted by atomic mass is 10.2. The van der Waals surface area contributed by atoms with E-state index in [0.29, 0.717) is 21.4 Å². The lowest BCUT2D eigenvalue weighted by molar-refractivity contribution is -0.117.